The SMILES string of the molecule is c1ccc2c(c1)OC[C@@H](c1nnc(SC[C@@H]3CO3)o1)O2. The molecule has 0 unspecified atom stereocenters. The third-order valence-corrected chi connectivity index (χ3v) is 3.95. The maximum atomic E-state index is 5.81. The van der Waals surface area contributed by atoms with Gasteiger partial charge in [-0.3, -0.25) is 0 Å². The predicted octanol–water partition coefficient (Wildman–Crippen LogP) is 2.07. The summed E-state index contributed by atoms with van der Waals surface area (Å²) >= 11 is 1.50. The van der Waals surface area contributed by atoms with Crippen molar-refractivity contribution in [3.63, 3.8) is 0 Å². The molecule has 1 saturated heterocycles. The van der Waals surface area contributed by atoms with Crippen molar-refractivity contribution in [2.45, 2.75) is 17.4 Å². The molecular weight excluding hydrogens is 280 g/mol. The minimum atomic E-state index is -0.357. The lowest BCUT2D eigenvalue weighted by Crippen LogP contribution is -2.21. The lowest BCUT2D eigenvalue weighted by Gasteiger charge is -2.23. The number of aromatic nitrogens is 2. The third-order valence-electron chi connectivity index (χ3n) is 3.00. The molecule has 7 heteroatoms. The lowest BCUT2D eigenvalue weighted by molar-refractivity contribution is 0.0686. The fourth-order valence-corrected chi connectivity index (χ4v) is 2.64. The van der Waals surface area contributed by atoms with Crippen LogP contribution in [0.4, 0.5) is 0 Å². The van der Waals surface area contributed by atoms with Gasteiger partial charge in [-0.1, -0.05) is 23.9 Å². The fourth-order valence-electron chi connectivity index (χ4n) is 1.88. The zero-order chi connectivity index (χ0) is 13.4. The summed E-state index contributed by atoms with van der Waals surface area (Å²) in [7, 11) is 0. The molecule has 2 aliphatic heterocycles. The minimum absolute atomic E-state index is 0.330. The molecule has 1 aromatic heterocycles. The van der Waals surface area contributed by atoms with Crippen LogP contribution in [0.2, 0.25) is 0 Å². The Labute approximate surface area is 119 Å². The van der Waals surface area contributed by atoms with E-state index in [4.69, 9.17) is 18.6 Å². The monoisotopic (exact) mass is 292 g/mol. The van der Waals surface area contributed by atoms with Crippen molar-refractivity contribution in [2.75, 3.05) is 19.0 Å². The Balaban J connectivity index is 1.45. The van der Waals surface area contributed by atoms with Gasteiger partial charge in [-0.05, 0) is 12.1 Å². The van der Waals surface area contributed by atoms with Crippen LogP contribution in [-0.2, 0) is 4.74 Å². The van der Waals surface area contributed by atoms with Gasteiger partial charge in [-0.25, -0.2) is 0 Å². The first kappa shape index (κ1) is 12.0. The van der Waals surface area contributed by atoms with E-state index in [1.807, 2.05) is 24.3 Å². The Morgan fingerprint density at radius 1 is 1.15 bits per heavy atom. The van der Waals surface area contributed by atoms with Crippen LogP contribution in [0.1, 0.15) is 12.0 Å². The lowest BCUT2D eigenvalue weighted by atomic mass is 10.2. The summed E-state index contributed by atoms with van der Waals surface area (Å²) in [6, 6.07) is 7.54. The van der Waals surface area contributed by atoms with Gasteiger partial charge in [0.15, 0.2) is 11.5 Å². The van der Waals surface area contributed by atoms with E-state index in [2.05, 4.69) is 10.2 Å². The number of thioether (sulfide) groups is 1. The largest absolute Gasteiger partial charge is 0.485 e. The van der Waals surface area contributed by atoms with Crippen molar-refractivity contribution < 1.29 is 18.6 Å². The zero-order valence-corrected chi connectivity index (χ0v) is 11.3. The van der Waals surface area contributed by atoms with E-state index in [-0.39, 0.29) is 6.10 Å². The smallest absolute Gasteiger partial charge is 0.276 e. The van der Waals surface area contributed by atoms with Crippen LogP contribution in [0, 0.1) is 0 Å². The van der Waals surface area contributed by atoms with Crippen molar-refractivity contribution >= 4 is 11.8 Å². The molecule has 6 nitrogen and oxygen atoms in total. The van der Waals surface area contributed by atoms with E-state index in [1.54, 1.807) is 0 Å². The number of ether oxygens (including phenoxy) is 3. The molecule has 3 heterocycles. The molecule has 2 aromatic rings. The summed E-state index contributed by atoms with van der Waals surface area (Å²) in [6.07, 6.45) is -0.0274. The van der Waals surface area contributed by atoms with Crippen molar-refractivity contribution in [3.05, 3.63) is 30.2 Å². The molecule has 0 aliphatic carbocycles. The Bertz CT molecular complexity index is 614. The molecule has 0 spiro atoms. The number of nitrogens with zero attached hydrogens (tertiary/aromatic N) is 2. The van der Waals surface area contributed by atoms with Gasteiger partial charge in [0.05, 0.1) is 12.7 Å². The summed E-state index contributed by atoms with van der Waals surface area (Å²) in [6.45, 7) is 1.19. The van der Waals surface area contributed by atoms with E-state index >= 15 is 0 Å². The maximum Gasteiger partial charge on any atom is 0.276 e. The highest BCUT2D eigenvalue weighted by Gasteiger charge is 2.28. The van der Waals surface area contributed by atoms with Crippen LogP contribution in [0.15, 0.2) is 33.9 Å². The average Bonchev–Trinajstić information content (AvgIpc) is 3.21. The highest BCUT2D eigenvalue weighted by molar-refractivity contribution is 7.99. The molecule has 0 saturated carbocycles. The zero-order valence-electron chi connectivity index (χ0n) is 10.5. The molecule has 0 amide bonds. The minimum Gasteiger partial charge on any atom is -0.485 e. The van der Waals surface area contributed by atoms with Crippen molar-refractivity contribution in [1.29, 1.82) is 0 Å². The molecule has 104 valence electrons. The molecule has 20 heavy (non-hydrogen) atoms. The van der Waals surface area contributed by atoms with Gasteiger partial charge in [-0.15, -0.1) is 10.2 Å². The molecule has 0 N–H and O–H groups in total. The van der Waals surface area contributed by atoms with Crippen LogP contribution in [-0.4, -0.2) is 35.3 Å². The van der Waals surface area contributed by atoms with Gasteiger partial charge in [0.2, 0.25) is 6.10 Å². The molecule has 2 atom stereocenters. The van der Waals surface area contributed by atoms with Crippen molar-refractivity contribution in [2.24, 2.45) is 0 Å². The predicted molar refractivity (Wildman–Crippen MR) is 70.1 cm³/mol. The van der Waals surface area contributed by atoms with Gasteiger partial charge in [0.1, 0.15) is 6.61 Å². The number of epoxide rings is 1. The molecule has 0 radical (unpaired) electrons. The van der Waals surface area contributed by atoms with Gasteiger partial charge in [-0.2, -0.15) is 0 Å². The van der Waals surface area contributed by atoms with Crippen molar-refractivity contribution in [3.8, 4) is 11.5 Å². The van der Waals surface area contributed by atoms with Gasteiger partial charge in [0, 0.05) is 5.75 Å². The second-order valence-corrected chi connectivity index (χ2v) is 5.51. The number of rotatable bonds is 4. The molecule has 0 bridgehead atoms. The van der Waals surface area contributed by atoms with Gasteiger partial charge in [0.25, 0.3) is 11.1 Å². The summed E-state index contributed by atoms with van der Waals surface area (Å²) in [4.78, 5) is 0. The number of fused-ring (bicyclic) bond motifs is 1. The Kier molecular flexibility index (Phi) is 3.00. The summed E-state index contributed by atoms with van der Waals surface area (Å²) in [5.74, 6) is 2.72. The molecular formula is C13H12N2O4S. The first-order valence-corrected chi connectivity index (χ1v) is 7.33. The van der Waals surface area contributed by atoms with E-state index < -0.39 is 0 Å². The highest BCUT2D eigenvalue weighted by atomic mass is 32.2. The molecule has 1 fully saturated rings. The third kappa shape index (κ3) is 2.46. The van der Waals surface area contributed by atoms with E-state index in [1.165, 1.54) is 11.8 Å². The van der Waals surface area contributed by atoms with Crippen LogP contribution in [0.25, 0.3) is 0 Å². The Morgan fingerprint density at radius 3 is 2.85 bits per heavy atom. The topological polar surface area (TPSA) is 69.9 Å². The Hall–Kier alpha value is -1.73. The second kappa shape index (κ2) is 4.99. The number of hydrogen-bond donors (Lipinski definition) is 0. The maximum absolute atomic E-state index is 5.81. The second-order valence-electron chi connectivity index (χ2n) is 4.54. The molecule has 4 rings (SSSR count). The van der Waals surface area contributed by atoms with E-state index in [9.17, 15) is 0 Å². The first-order valence-electron chi connectivity index (χ1n) is 6.35. The standard InChI is InChI=1S/C13H12N2O4S/c1-2-4-10-9(3-1)17-6-11(18-10)12-14-15-13(19-12)20-7-8-5-16-8/h1-4,8,11H,5-7H2/t8-,11-/m0/s1. The first-order chi connectivity index (χ1) is 9.88. The normalized spacial score (nSPS) is 23.6. The highest BCUT2D eigenvalue weighted by Crippen LogP contribution is 2.36. The number of hydrogen-bond acceptors (Lipinski definition) is 7. The summed E-state index contributed by atoms with van der Waals surface area (Å²) in [5.41, 5.74) is 0. The molecule has 1 aromatic carbocycles. The van der Waals surface area contributed by atoms with E-state index in [0.29, 0.717) is 29.6 Å². The van der Waals surface area contributed by atoms with Crippen LogP contribution < -0.4 is 9.47 Å². The molecule has 2 aliphatic rings. The van der Waals surface area contributed by atoms with Crippen molar-refractivity contribution in [1.82, 2.24) is 10.2 Å². The van der Waals surface area contributed by atoms with Crippen LogP contribution in [0.5, 0.6) is 11.5 Å². The van der Waals surface area contributed by atoms with Gasteiger partial charge < -0.3 is 18.6 Å². The number of benzene rings is 1. The summed E-state index contributed by atoms with van der Waals surface area (Å²) in [5, 5.41) is 8.57. The summed E-state index contributed by atoms with van der Waals surface area (Å²) < 4.78 is 22.2. The Morgan fingerprint density at radius 2 is 2.00 bits per heavy atom. The number of para-hydroxylation sites is 2. The van der Waals surface area contributed by atoms with E-state index in [0.717, 1.165) is 18.1 Å². The van der Waals surface area contributed by atoms with Crippen LogP contribution in [0.3, 0.4) is 0 Å². The van der Waals surface area contributed by atoms with Crippen LogP contribution >= 0.6 is 11.8 Å². The average molecular weight is 292 g/mol. The quantitative estimate of drug-likeness (QED) is 0.631. The fraction of sp³-hybridized carbons (Fsp3) is 0.385. The van der Waals surface area contributed by atoms with Gasteiger partial charge >= 0.3 is 0 Å².